The molecule has 0 aliphatic rings. The van der Waals surface area contributed by atoms with E-state index in [1.807, 2.05) is 0 Å². The SMILES string of the molecule is COC(=O)C(C#N)CC#N. The number of rotatable bonds is 2. The van der Waals surface area contributed by atoms with E-state index < -0.39 is 11.9 Å². The molecule has 0 amide bonds. The number of hydrogen-bond donors (Lipinski definition) is 0. The van der Waals surface area contributed by atoms with Crippen molar-refractivity contribution < 1.29 is 9.53 Å². The molecule has 0 aromatic heterocycles. The van der Waals surface area contributed by atoms with Gasteiger partial charge in [-0.05, 0) is 0 Å². The van der Waals surface area contributed by atoms with Gasteiger partial charge in [0.05, 0.1) is 25.7 Å². The Balaban J connectivity index is 4.00. The minimum absolute atomic E-state index is 0.108. The Bertz CT molecular complexity index is 199. The number of nitrogens with zero attached hydrogens (tertiary/aromatic N) is 2. The van der Waals surface area contributed by atoms with E-state index in [2.05, 4.69) is 4.74 Å². The van der Waals surface area contributed by atoms with Crippen molar-refractivity contribution in [2.24, 2.45) is 5.92 Å². The number of carbonyl (C=O) groups excluding carboxylic acids is 1. The van der Waals surface area contributed by atoms with Gasteiger partial charge < -0.3 is 4.74 Å². The zero-order valence-corrected chi connectivity index (χ0v) is 5.50. The Kier molecular flexibility index (Phi) is 3.67. The first kappa shape index (κ1) is 8.45. The van der Waals surface area contributed by atoms with Crippen molar-refractivity contribution in [3.8, 4) is 12.1 Å². The molecular weight excluding hydrogens is 132 g/mol. The molecule has 0 fully saturated rings. The van der Waals surface area contributed by atoms with E-state index in [1.54, 1.807) is 12.1 Å². The highest BCUT2D eigenvalue weighted by Crippen LogP contribution is 2.01. The van der Waals surface area contributed by atoms with Gasteiger partial charge >= 0.3 is 5.97 Å². The fraction of sp³-hybridized carbons (Fsp3) is 0.500. The van der Waals surface area contributed by atoms with E-state index in [0.29, 0.717) is 0 Å². The summed E-state index contributed by atoms with van der Waals surface area (Å²) in [7, 11) is 1.18. The topological polar surface area (TPSA) is 73.9 Å². The average Bonchev–Trinajstić information content (AvgIpc) is 1.99. The molecule has 0 aliphatic carbocycles. The van der Waals surface area contributed by atoms with E-state index in [4.69, 9.17) is 10.5 Å². The zero-order valence-electron chi connectivity index (χ0n) is 5.50. The number of esters is 1. The van der Waals surface area contributed by atoms with Gasteiger partial charge in [-0.25, -0.2) is 0 Å². The molecule has 0 N–H and O–H groups in total. The van der Waals surface area contributed by atoms with Crippen LogP contribution >= 0.6 is 0 Å². The molecule has 0 radical (unpaired) electrons. The summed E-state index contributed by atoms with van der Waals surface area (Å²) in [6.45, 7) is 0. The van der Waals surface area contributed by atoms with Crippen LogP contribution in [0, 0.1) is 28.6 Å². The van der Waals surface area contributed by atoms with Crippen molar-refractivity contribution >= 4 is 5.97 Å². The first-order chi connectivity index (χ1) is 4.76. The van der Waals surface area contributed by atoms with Gasteiger partial charge in [0.2, 0.25) is 0 Å². The Labute approximate surface area is 58.6 Å². The summed E-state index contributed by atoms with van der Waals surface area (Å²) in [5.41, 5.74) is 0. The van der Waals surface area contributed by atoms with E-state index in [9.17, 15) is 4.79 Å². The number of nitriles is 2. The molecule has 10 heavy (non-hydrogen) atoms. The summed E-state index contributed by atoms with van der Waals surface area (Å²) >= 11 is 0. The first-order valence-corrected chi connectivity index (χ1v) is 2.60. The third kappa shape index (κ3) is 2.15. The van der Waals surface area contributed by atoms with Crippen molar-refractivity contribution in [1.29, 1.82) is 10.5 Å². The molecule has 0 rings (SSSR count). The quantitative estimate of drug-likeness (QED) is 0.511. The van der Waals surface area contributed by atoms with Crippen molar-refractivity contribution in [1.82, 2.24) is 0 Å². The summed E-state index contributed by atoms with van der Waals surface area (Å²) in [4.78, 5) is 10.5. The Hall–Kier alpha value is -1.55. The van der Waals surface area contributed by atoms with Gasteiger partial charge in [-0.1, -0.05) is 0 Å². The Morgan fingerprint density at radius 2 is 2.30 bits per heavy atom. The highest BCUT2D eigenvalue weighted by Gasteiger charge is 2.16. The minimum Gasteiger partial charge on any atom is -0.468 e. The van der Waals surface area contributed by atoms with Gasteiger partial charge in [0.1, 0.15) is 0 Å². The van der Waals surface area contributed by atoms with E-state index >= 15 is 0 Å². The second-order valence-electron chi connectivity index (χ2n) is 1.57. The van der Waals surface area contributed by atoms with Crippen LogP contribution in [-0.4, -0.2) is 13.1 Å². The van der Waals surface area contributed by atoms with E-state index in [-0.39, 0.29) is 6.42 Å². The van der Waals surface area contributed by atoms with E-state index in [1.165, 1.54) is 7.11 Å². The number of methoxy groups -OCH3 is 1. The average molecular weight is 138 g/mol. The molecule has 4 heteroatoms. The maximum atomic E-state index is 10.5. The molecular formula is C6H6N2O2. The summed E-state index contributed by atoms with van der Waals surface area (Å²) in [6, 6.07) is 3.37. The van der Waals surface area contributed by atoms with Crippen molar-refractivity contribution in [3.63, 3.8) is 0 Å². The second-order valence-corrected chi connectivity index (χ2v) is 1.57. The van der Waals surface area contributed by atoms with E-state index in [0.717, 1.165) is 0 Å². The molecule has 1 unspecified atom stereocenters. The third-order valence-electron chi connectivity index (χ3n) is 0.937. The smallest absolute Gasteiger partial charge is 0.324 e. The summed E-state index contributed by atoms with van der Waals surface area (Å²) in [6.07, 6.45) is -0.108. The van der Waals surface area contributed by atoms with Crippen LogP contribution in [0.1, 0.15) is 6.42 Å². The fourth-order valence-electron chi connectivity index (χ4n) is 0.415. The van der Waals surface area contributed by atoms with Crippen LogP contribution in [0.4, 0.5) is 0 Å². The van der Waals surface area contributed by atoms with Crippen LogP contribution < -0.4 is 0 Å². The molecule has 0 saturated heterocycles. The fourth-order valence-corrected chi connectivity index (χ4v) is 0.415. The molecule has 0 aromatic carbocycles. The van der Waals surface area contributed by atoms with Gasteiger partial charge in [-0.3, -0.25) is 4.79 Å². The van der Waals surface area contributed by atoms with Crippen LogP contribution in [0.3, 0.4) is 0 Å². The maximum Gasteiger partial charge on any atom is 0.324 e. The number of hydrogen-bond acceptors (Lipinski definition) is 4. The summed E-state index contributed by atoms with van der Waals surface area (Å²) in [5, 5.41) is 16.4. The predicted molar refractivity (Wildman–Crippen MR) is 31.3 cm³/mol. The Morgan fingerprint density at radius 3 is 2.60 bits per heavy atom. The van der Waals surface area contributed by atoms with Crippen LogP contribution in [0.5, 0.6) is 0 Å². The molecule has 0 spiro atoms. The van der Waals surface area contributed by atoms with Gasteiger partial charge in [0.15, 0.2) is 5.92 Å². The number of carbonyl (C=O) groups is 1. The first-order valence-electron chi connectivity index (χ1n) is 2.60. The minimum atomic E-state index is -0.935. The number of ether oxygens (including phenoxy) is 1. The van der Waals surface area contributed by atoms with Crippen molar-refractivity contribution in [3.05, 3.63) is 0 Å². The lowest BCUT2D eigenvalue weighted by Crippen LogP contribution is -2.13. The largest absolute Gasteiger partial charge is 0.468 e. The van der Waals surface area contributed by atoms with Gasteiger partial charge in [-0.2, -0.15) is 10.5 Å². The van der Waals surface area contributed by atoms with Gasteiger partial charge in [0, 0.05) is 0 Å². The molecule has 0 aromatic rings. The van der Waals surface area contributed by atoms with Crippen LogP contribution in [0.2, 0.25) is 0 Å². The molecule has 52 valence electrons. The van der Waals surface area contributed by atoms with Crippen molar-refractivity contribution in [2.75, 3.05) is 7.11 Å². The molecule has 0 bridgehead atoms. The van der Waals surface area contributed by atoms with Crippen molar-refractivity contribution in [2.45, 2.75) is 6.42 Å². The summed E-state index contributed by atoms with van der Waals surface area (Å²) < 4.78 is 4.24. The monoisotopic (exact) mass is 138 g/mol. The van der Waals surface area contributed by atoms with Crippen LogP contribution in [0.25, 0.3) is 0 Å². The molecule has 0 saturated carbocycles. The molecule has 0 aliphatic heterocycles. The molecule has 0 heterocycles. The standard InChI is InChI=1S/C6H6N2O2/c1-10-6(9)5(4-8)2-3-7/h5H,2H2,1H3. The van der Waals surface area contributed by atoms with Gasteiger partial charge in [-0.15, -0.1) is 0 Å². The highest BCUT2D eigenvalue weighted by molar-refractivity contribution is 5.75. The lowest BCUT2D eigenvalue weighted by atomic mass is 10.1. The second kappa shape index (κ2) is 4.34. The normalized spacial score (nSPS) is 10.7. The third-order valence-corrected chi connectivity index (χ3v) is 0.937. The lowest BCUT2D eigenvalue weighted by molar-refractivity contribution is -0.143. The molecule has 1 atom stereocenters. The maximum absolute atomic E-state index is 10.5. The van der Waals surface area contributed by atoms with Gasteiger partial charge in [0.25, 0.3) is 0 Å². The lowest BCUT2D eigenvalue weighted by Gasteiger charge is -1.98. The predicted octanol–water partition coefficient (Wildman–Crippen LogP) is 0.213. The van der Waals surface area contributed by atoms with Crippen LogP contribution in [0.15, 0.2) is 0 Å². The highest BCUT2D eigenvalue weighted by atomic mass is 16.5. The summed E-state index contributed by atoms with van der Waals surface area (Å²) in [5.74, 6) is -1.58. The Morgan fingerprint density at radius 1 is 1.70 bits per heavy atom. The zero-order chi connectivity index (χ0) is 7.98. The van der Waals surface area contributed by atoms with Crippen LogP contribution in [-0.2, 0) is 9.53 Å². The molecule has 4 nitrogen and oxygen atoms in total.